The van der Waals surface area contributed by atoms with Crippen LogP contribution in [0.5, 0.6) is 11.5 Å². The van der Waals surface area contributed by atoms with Crippen molar-refractivity contribution in [3.05, 3.63) is 95.3 Å². The Morgan fingerprint density at radius 3 is 2.39 bits per heavy atom. The van der Waals surface area contributed by atoms with E-state index < -0.39 is 5.54 Å². The van der Waals surface area contributed by atoms with Gasteiger partial charge in [-0.25, -0.2) is 4.39 Å². The van der Waals surface area contributed by atoms with Gasteiger partial charge in [0.05, 0.1) is 12.1 Å². The fourth-order valence-electron chi connectivity index (χ4n) is 3.73. The van der Waals surface area contributed by atoms with Crippen LogP contribution in [0.3, 0.4) is 0 Å². The highest BCUT2D eigenvalue weighted by atomic mass is 19.1. The van der Waals surface area contributed by atoms with Crippen LogP contribution in [0.2, 0.25) is 0 Å². The molecule has 1 aliphatic heterocycles. The molecule has 3 aromatic carbocycles. The van der Waals surface area contributed by atoms with Crippen molar-refractivity contribution in [3.8, 4) is 11.5 Å². The first kappa shape index (κ1) is 18.5. The molecule has 0 spiro atoms. The molecule has 0 radical (unpaired) electrons. The fourth-order valence-corrected chi connectivity index (χ4v) is 3.73. The monoisotopic (exact) mass is 379 g/mol. The fraction of sp³-hybridized carbons (Fsp3) is 0.217. The third-order valence-electron chi connectivity index (χ3n) is 5.35. The van der Waals surface area contributed by atoms with E-state index in [9.17, 15) is 9.50 Å². The molecule has 2 unspecified atom stereocenters. The number of aliphatic hydroxyl groups is 1. The van der Waals surface area contributed by atoms with E-state index >= 15 is 0 Å². The van der Waals surface area contributed by atoms with E-state index in [1.807, 2.05) is 48.5 Å². The maximum absolute atomic E-state index is 13.4. The quantitative estimate of drug-likeness (QED) is 0.685. The lowest BCUT2D eigenvalue weighted by atomic mass is 9.72. The number of benzene rings is 3. The van der Waals surface area contributed by atoms with E-state index in [1.54, 1.807) is 12.1 Å². The normalized spacial score (nSPS) is 15.8. The van der Waals surface area contributed by atoms with Crippen LogP contribution >= 0.6 is 0 Å². The Balaban J connectivity index is 1.79. The second-order valence-corrected chi connectivity index (χ2v) is 7.06. The second-order valence-electron chi connectivity index (χ2n) is 7.06. The van der Waals surface area contributed by atoms with Crippen molar-refractivity contribution >= 4 is 0 Å². The summed E-state index contributed by atoms with van der Waals surface area (Å²) in [6, 6.07) is 21.6. The summed E-state index contributed by atoms with van der Waals surface area (Å²) >= 11 is 0. The minimum atomic E-state index is -1.02. The van der Waals surface area contributed by atoms with E-state index in [0.29, 0.717) is 17.9 Å². The van der Waals surface area contributed by atoms with Crippen LogP contribution in [0.4, 0.5) is 4.39 Å². The second kappa shape index (κ2) is 7.62. The number of aliphatic hydroxyl groups excluding tert-OH is 1. The minimum absolute atomic E-state index is 0.188. The lowest BCUT2D eigenvalue weighted by Crippen LogP contribution is -2.47. The lowest BCUT2D eigenvalue weighted by molar-refractivity contribution is 0.168. The molecule has 3 N–H and O–H groups in total. The average molecular weight is 379 g/mol. The predicted molar refractivity (Wildman–Crippen MR) is 105 cm³/mol. The molecule has 5 heteroatoms. The number of hydrogen-bond donors (Lipinski definition) is 2. The van der Waals surface area contributed by atoms with Crippen LogP contribution in [-0.2, 0) is 12.0 Å². The molecule has 4 rings (SSSR count). The summed E-state index contributed by atoms with van der Waals surface area (Å²) in [7, 11) is 0. The van der Waals surface area contributed by atoms with Gasteiger partial charge >= 0.3 is 0 Å². The highest BCUT2D eigenvalue weighted by Crippen LogP contribution is 2.41. The maximum Gasteiger partial charge on any atom is 0.231 e. The van der Waals surface area contributed by atoms with Crippen molar-refractivity contribution in [2.45, 2.75) is 17.9 Å². The molecule has 0 aromatic heterocycles. The van der Waals surface area contributed by atoms with Gasteiger partial charge in [0.25, 0.3) is 0 Å². The van der Waals surface area contributed by atoms with Crippen molar-refractivity contribution in [1.29, 1.82) is 0 Å². The van der Waals surface area contributed by atoms with Gasteiger partial charge < -0.3 is 20.3 Å². The SMILES string of the molecule is NC(CO)(c1ccccc1)C(Cc1ccc(F)cc1)c1ccc2c(c1)OCO2. The van der Waals surface area contributed by atoms with Crippen molar-refractivity contribution in [3.63, 3.8) is 0 Å². The maximum atomic E-state index is 13.4. The van der Waals surface area contributed by atoms with Crippen LogP contribution in [0, 0.1) is 5.82 Å². The van der Waals surface area contributed by atoms with Crippen molar-refractivity contribution in [2.75, 3.05) is 13.4 Å². The Kier molecular flexibility index (Phi) is 5.03. The third-order valence-corrected chi connectivity index (χ3v) is 5.35. The van der Waals surface area contributed by atoms with E-state index in [4.69, 9.17) is 15.2 Å². The number of halogens is 1. The molecule has 2 atom stereocenters. The summed E-state index contributed by atoms with van der Waals surface area (Å²) < 4.78 is 24.3. The van der Waals surface area contributed by atoms with Crippen LogP contribution < -0.4 is 15.2 Å². The molecule has 3 aromatic rings. The smallest absolute Gasteiger partial charge is 0.231 e. The molecule has 0 bridgehead atoms. The summed E-state index contributed by atoms with van der Waals surface area (Å²) in [6.45, 7) is -0.0504. The summed E-state index contributed by atoms with van der Waals surface area (Å²) in [4.78, 5) is 0. The number of nitrogens with two attached hydrogens (primary N) is 1. The van der Waals surface area contributed by atoms with Crippen molar-refractivity contribution in [1.82, 2.24) is 0 Å². The molecule has 0 saturated carbocycles. The summed E-state index contributed by atoms with van der Waals surface area (Å²) in [5.74, 6) is 0.804. The molecule has 1 heterocycles. The molecule has 0 saturated heterocycles. The Labute approximate surface area is 163 Å². The summed E-state index contributed by atoms with van der Waals surface area (Å²) in [5.41, 5.74) is 8.49. The van der Waals surface area contributed by atoms with Gasteiger partial charge in [-0.05, 0) is 47.4 Å². The summed E-state index contributed by atoms with van der Waals surface area (Å²) in [6.07, 6.45) is 0.534. The Hall–Kier alpha value is -2.89. The first-order valence-electron chi connectivity index (χ1n) is 9.19. The number of hydrogen-bond acceptors (Lipinski definition) is 4. The Morgan fingerprint density at radius 2 is 1.68 bits per heavy atom. The van der Waals surface area contributed by atoms with Gasteiger partial charge in [0.1, 0.15) is 5.82 Å². The van der Waals surface area contributed by atoms with Crippen LogP contribution in [-0.4, -0.2) is 18.5 Å². The van der Waals surface area contributed by atoms with E-state index in [0.717, 1.165) is 16.7 Å². The average Bonchev–Trinajstić information content (AvgIpc) is 3.21. The first-order valence-corrected chi connectivity index (χ1v) is 9.19. The zero-order valence-corrected chi connectivity index (χ0v) is 15.3. The highest BCUT2D eigenvalue weighted by Gasteiger charge is 2.38. The van der Waals surface area contributed by atoms with Crippen LogP contribution in [0.15, 0.2) is 72.8 Å². The third kappa shape index (κ3) is 3.46. The van der Waals surface area contributed by atoms with E-state index in [2.05, 4.69) is 0 Å². The van der Waals surface area contributed by atoms with E-state index in [-0.39, 0.29) is 25.1 Å². The largest absolute Gasteiger partial charge is 0.454 e. The van der Waals surface area contributed by atoms with Gasteiger partial charge in [0.2, 0.25) is 6.79 Å². The Bertz CT molecular complexity index is 946. The number of ether oxygens (including phenoxy) is 2. The van der Waals surface area contributed by atoms with Crippen molar-refractivity contribution in [2.24, 2.45) is 5.73 Å². The molecule has 4 nitrogen and oxygen atoms in total. The molecule has 1 aliphatic rings. The molecular weight excluding hydrogens is 357 g/mol. The topological polar surface area (TPSA) is 64.7 Å². The van der Waals surface area contributed by atoms with Gasteiger partial charge in [0, 0.05) is 5.92 Å². The minimum Gasteiger partial charge on any atom is -0.454 e. The molecule has 0 amide bonds. The standard InChI is InChI=1S/C23H22FNO3/c24-19-9-6-16(7-10-19)12-20(17-8-11-21-22(13-17)28-15-27-21)23(25,14-26)18-4-2-1-3-5-18/h1-11,13,20,26H,12,14-15,25H2. The van der Waals surface area contributed by atoms with Gasteiger partial charge in [-0.1, -0.05) is 48.5 Å². The van der Waals surface area contributed by atoms with Gasteiger partial charge in [0.15, 0.2) is 11.5 Å². The zero-order chi connectivity index (χ0) is 19.6. The van der Waals surface area contributed by atoms with Crippen molar-refractivity contribution < 1.29 is 19.0 Å². The van der Waals surface area contributed by atoms with Crippen LogP contribution in [0.25, 0.3) is 0 Å². The zero-order valence-electron chi connectivity index (χ0n) is 15.3. The highest BCUT2D eigenvalue weighted by molar-refractivity contribution is 5.47. The predicted octanol–water partition coefficient (Wildman–Crippen LogP) is 3.73. The van der Waals surface area contributed by atoms with Gasteiger partial charge in [-0.3, -0.25) is 0 Å². The summed E-state index contributed by atoms with van der Waals surface area (Å²) in [5, 5.41) is 10.3. The Morgan fingerprint density at radius 1 is 0.964 bits per heavy atom. The number of rotatable bonds is 6. The molecule has 144 valence electrons. The molecule has 0 fully saturated rings. The van der Waals surface area contributed by atoms with Gasteiger partial charge in [-0.2, -0.15) is 0 Å². The van der Waals surface area contributed by atoms with Gasteiger partial charge in [-0.15, -0.1) is 0 Å². The number of fused-ring (bicyclic) bond motifs is 1. The van der Waals surface area contributed by atoms with Crippen LogP contribution in [0.1, 0.15) is 22.6 Å². The molecular formula is C23H22FNO3. The lowest BCUT2D eigenvalue weighted by Gasteiger charge is -2.37. The molecule has 0 aliphatic carbocycles. The first-order chi connectivity index (χ1) is 13.6. The van der Waals surface area contributed by atoms with E-state index in [1.165, 1.54) is 12.1 Å². The molecule has 28 heavy (non-hydrogen) atoms.